The van der Waals surface area contributed by atoms with Gasteiger partial charge in [0.2, 0.25) is 10.0 Å². The number of sulfonamides is 1. The van der Waals surface area contributed by atoms with Crippen LogP contribution in [0.15, 0.2) is 82.5 Å². The standard InChI is InChI=1S/C26H29NO4S/c1-4-20-12-15-23(21-8-6-5-7-9-21)24-16-27(17-25(26(20)24)31-19(3)28)32(29,30)22-13-10-18(2)11-14-22/h5-14,23-24H,4,15-17H2,1-3H3/t23-,24-/m1/s1. The molecule has 0 saturated heterocycles. The summed E-state index contributed by atoms with van der Waals surface area (Å²) >= 11 is 0. The smallest absolute Gasteiger partial charge is 0.307 e. The molecule has 1 aliphatic heterocycles. The Bertz CT molecular complexity index is 1160. The number of esters is 1. The van der Waals surface area contributed by atoms with Gasteiger partial charge in [-0.1, -0.05) is 61.0 Å². The van der Waals surface area contributed by atoms with Gasteiger partial charge in [-0.15, -0.1) is 0 Å². The minimum Gasteiger partial charge on any atom is -0.430 e. The van der Waals surface area contributed by atoms with Crippen LogP contribution in [0.5, 0.6) is 0 Å². The SMILES string of the molecule is CCC1=CC[C@H](c2ccccc2)[C@H]2CN(S(=O)(=O)c3ccc(C)cc3)CC(OC(C)=O)=C12. The predicted octanol–water partition coefficient (Wildman–Crippen LogP) is 4.96. The first-order valence-electron chi connectivity index (χ1n) is 11.0. The highest BCUT2D eigenvalue weighted by molar-refractivity contribution is 7.89. The van der Waals surface area contributed by atoms with Crippen LogP contribution in [0.25, 0.3) is 0 Å². The zero-order chi connectivity index (χ0) is 22.9. The summed E-state index contributed by atoms with van der Waals surface area (Å²) in [6.07, 6.45) is 3.85. The lowest BCUT2D eigenvalue weighted by Crippen LogP contribution is -2.45. The quantitative estimate of drug-likeness (QED) is 0.603. The van der Waals surface area contributed by atoms with Crippen molar-refractivity contribution in [3.8, 4) is 0 Å². The summed E-state index contributed by atoms with van der Waals surface area (Å²) in [6, 6.07) is 17.1. The van der Waals surface area contributed by atoms with Gasteiger partial charge in [-0.2, -0.15) is 4.31 Å². The monoisotopic (exact) mass is 451 g/mol. The molecule has 32 heavy (non-hydrogen) atoms. The van der Waals surface area contributed by atoms with Gasteiger partial charge in [-0.25, -0.2) is 8.42 Å². The topological polar surface area (TPSA) is 63.7 Å². The second-order valence-electron chi connectivity index (χ2n) is 8.48. The molecule has 0 fully saturated rings. The van der Waals surface area contributed by atoms with Crippen molar-refractivity contribution in [3.05, 3.63) is 88.7 Å². The van der Waals surface area contributed by atoms with Gasteiger partial charge in [-0.05, 0) is 54.5 Å². The number of benzene rings is 2. The van der Waals surface area contributed by atoms with E-state index >= 15 is 0 Å². The van der Waals surface area contributed by atoms with E-state index in [1.165, 1.54) is 11.2 Å². The number of hydrogen-bond acceptors (Lipinski definition) is 4. The molecule has 6 heteroatoms. The Morgan fingerprint density at radius 1 is 1.06 bits per heavy atom. The molecule has 0 spiro atoms. The van der Waals surface area contributed by atoms with E-state index in [0.717, 1.165) is 35.1 Å². The first-order chi connectivity index (χ1) is 15.3. The highest BCUT2D eigenvalue weighted by Crippen LogP contribution is 2.46. The van der Waals surface area contributed by atoms with Gasteiger partial charge in [-0.3, -0.25) is 4.79 Å². The number of ether oxygens (including phenoxy) is 1. The van der Waals surface area contributed by atoms with Crippen LogP contribution >= 0.6 is 0 Å². The molecule has 0 saturated carbocycles. The minimum atomic E-state index is -3.74. The molecular weight excluding hydrogens is 422 g/mol. The van der Waals surface area contributed by atoms with Crippen LogP contribution in [0.1, 0.15) is 43.7 Å². The van der Waals surface area contributed by atoms with E-state index in [2.05, 4.69) is 25.1 Å². The Labute approximate surface area is 190 Å². The molecule has 4 rings (SSSR count). The van der Waals surface area contributed by atoms with E-state index in [-0.39, 0.29) is 23.3 Å². The molecule has 0 aromatic heterocycles. The Morgan fingerprint density at radius 3 is 2.38 bits per heavy atom. The zero-order valence-electron chi connectivity index (χ0n) is 18.7. The molecule has 2 atom stereocenters. The highest BCUT2D eigenvalue weighted by atomic mass is 32.2. The fourth-order valence-corrected chi connectivity index (χ4v) is 6.25. The van der Waals surface area contributed by atoms with Gasteiger partial charge < -0.3 is 4.74 Å². The summed E-state index contributed by atoms with van der Waals surface area (Å²) in [5.41, 5.74) is 4.31. The fraction of sp³-hybridized carbons (Fsp3) is 0.346. The average Bonchev–Trinajstić information content (AvgIpc) is 2.78. The lowest BCUT2D eigenvalue weighted by Gasteiger charge is -2.42. The lowest BCUT2D eigenvalue weighted by atomic mass is 9.70. The number of nitrogens with zero attached hydrogens (tertiary/aromatic N) is 1. The van der Waals surface area contributed by atoms with Crippen molar-refractivity contribution in [3.63, 3.8) is 0 Å². The summed E-state index contributed by atoms with van der Waals surface area (Å²) in [5.74, 6) is 0.0556. The largest absolute Gasteiger partial charge is 0.430 e. The Morgan fingerprint density at radius 2 is 1.75 bits per heavy atom. The predicted molar refractivity (Wildman–Crippen MR) is 124 cm³/mol. The zero-order valence-corrected chi connectivity index (χ0v) is 19.6. The second kappa shape index (κ2) is 9.04. The minimum absolute atomic E-state index is 0.0560. The molecule has 0 N–H and O–H groups in total. The van der Waals surface area contributed by atoms with Gasteiger partial charge in [0.05, 0.1) is 11.4 Å². The van der Waals surface area contributed by atoms with Crippen molar-refractivity contribution >= 4 is 16.0 Å². The first kappa shape index (κ1) is 22.5. The molecule has 0 bridgehead atoms. The van der Waals surface area contributed by atoms with Crippen LogP contribution in [-0.2, 0) is 19.6 Å². The summed E-state index contributed by atoms with van der Waals surface area (Å²) in [5, 5.41) is 0. The molecule has 0 amide bonds. The van der Waals surface area contributed by atoms with Crippen LogP contribution in [0.2, 0.25) is 0 Å². The van der Waals surface area contributed by atoms with Crippen LogP contribution in [0, 0.1) is 12.8 Å². The molecule has 5 nitrogen and oxygen atoms in total. The number of aryl methyl sites for hydroxylation is 1. The third-order valence-corrected chi connectivity index (χ3v) is 8.20. The van der Waals surface area contributed by atoms with Crippen LogP contribution in [-0.4, -0.2) is 31.8 Å². The Hall–Kier alpha value is -2.70. The number of rotatable bonds is 5. The van der Waals surface area contributed by atoms with Crippen molar-refractivity contribution in [2.45, 2.75) is 44.4 Å². The average molecular weight is 452 g/mol. The number of hydrogen-bond donors (Lipinski definition) is 0. The molecule has 0 radical (unpaired) electrons. The molecule has 2 aromatic rings. The van der Waals surface area contributed by atoms with E-state index in [0.29, 0.717) is 12.3 Å². The molecule has 2 aromatic carbocycles. The van der Waals surface area contributed by atoms with E-state index in [1.807, 2.05) is 25.1 Å². The van der Waals surface area contributed by atoms with Crippen molar-refractivity contribution in [2.24, 2.45) is 5.92 Å². The van der Waals surface area contributed by atoms with Crippen LogP contribution in [0.3, 0.4) is 0 Å². The maximum absolute atomic E-state index is 13.5. The molecule has 168 valence electrons. The normalized spacial score (nSPS) is 21.7. The summed E-state index contributed by atoms with van der Waals surface area (Å²) in [7, 11) is -3.74. The van der Waals surface area contributed by atoms with Gasteiger partial charge in [0.15, 0.2) is 0 Å². The number of carbonyl (C=O) groups is 1. The van der Waals surface area contributed by atoms with Crippen molar-refractivity contribution in [1.82, 2.24) is 4.31 Å². The van der Waals surface area contributed by atoms with Crippen molar-refractivity contribution in [2.75, 3.05) is 13.1 Å². The fourth-order valence-electron chi connectivity index (χ4n) is 4.82. The third kappa shape index (κ3) is 4.30. The third-order valence-electron chi connectivity index (χ3n) is 6.38. The lowest BCUT2D eigenvalue weighted by molar-refractivity contribution is -0.137. The molecular formula is C26H29NO4S. The maximum atomic E-state index is 13.5. The van der Waals surface area contributed by atoms with Crippen LogP contribution in [0.4, 0.5) is 0 Å². The molecule has 1 heterocycles. The van der Waals surface area contributed by atoms with Crippen molar-refractivity contribution < 1.29 is 17.9 Å². The highest BCUT2D eigenvalue weighted by Gasteiger charge is 2.42. The van der Waals surface area contributed by atoms with E-state index in [1.54, 1.807) is 24.3 Å². The molecule has 2 aliphatic rings. The Balaban J connectivity index is 1.82. The van der Waals surface area contributed by atoms with E-state index in [9.17, 15) is 13.2 Å². The number of allylic oxidation sites excluding steroid dienone is 2. The summed E-state index contributed by atoms with van der Waals surface area (Å²) < 4.78 is 34.2. The molecule has 1 aliphatic carbocycles. The van der Waals surface area contributed by atoms with Gasteiger partial charge in [0, 0.05) is 19.4 Å². The van der Waals surface area contributed by atoms with Gasteiger partial charge in [0.1, 0.15) is 5.76 Å². The van der Waals surface area contributed by atoms with E-state index in [4.69, 9.17) is 4.74 Å². The first-order valence-corrected chi connectivity index (χ1v) is 12.5. The second-order valence-corrected chi connectivity index (χ2v) is 10.4. The van der Waals surface area contributed by atoms with Crippen LogP contribution < -0.4 is 0 Å². The Kier molecular flexibility index (Phi) is 6.35. The van der Waals surface area contributed by atoms with Gasteiger partial charge in [0.25, 0.3) is 0 Å². The number of fused-ring (bicyclic) bond motifs is 1. The van der Waals surface area contributed by atoms with E-state index < -0.39 is 16.0 Å². The summed E-state index contributed by atoms with van der Waals surface area (Å²) in [6.45, 7) is 5.78. The molecule has 0 unspecified atom stereocenters. The summed E-state index contributed by atoms with van der Waals surface area (Å²) in [4.78, 5) is 12.2. The maximum Gasteiger partial charge on any atom is 0.307 e. The number of carbonyl (C=O) groups excluding carboxylic acids is 1. The van der Waals surface area contributed by atoms with Gasteiger partial charge >= 0.3 is 5.97 Å². The van der Waals surface area contributed by atoms with Crippen molar-refractivity contribution in [1.29, 1.82) is 0 Å².